The molecule has 2 aromatic carbocycles. The Morgan fingerprint density at radius 3 is 2.20 bits per heavy atom. The summed E-state index contributed by atoms with van der Waals surface area (Å²) in [6, 6.07) is 5.52. The molecule has 1 unspecified atom stereocenters. The third kappa shape index (κ3) is 5.03. The highest BCUT2D eigenvalue weighted by molar-refractivity contribution is 6.44. The van der Waals surface area contributed by atoms with Gasteiger partial charge in [-0.1, -0.05) is 34.8 Å². The van der Waals surface area contributed by atoms with E-state index in [4.69, 9.17) is 34.8 Å². The summed E-state index contributed by atoms with van der Waals surface area (Å²) in [5.74, 6) is -2.73. The number of carbonyl (C=O) groups excluding carboxylic acids is 2. The Labute approximate surface area is 187 Å². The molecule has 0 spiro atoms. The molecule has 1 fully saturated rings. The van der Waals surface area contributed by atoms with Crippen LogP contribution in [0.3, 0.4) is 0 Å². The van der Waals surface area contributed by atoms with Crippen molar-refractivity contribution in [3.63, 3.8) is 0 Å². The molecule has 0 aromatic heterocycles. The van der Waals surface area contributed by atoms with Gasteiger partial charge in [-0.2, -0.15) is 0 Å². The standard InChI is InChI=1S/C20H18Cl3F2N3O2/c1-11(19(29)26-18-10-14(22)13(21)9-15(18)23)27-4-6-28(7-5-27)20(30)12-2-3-16(24)17(25)8-12/h2-3,8-11H,4-7H2,1H3,(H,26,29). The number of halogens is 5. The van der Waals surface area contributed by atoms with Crippen LogP contribution in [-0.4, -0.2) is 53.8 Å². The van der Waals surface area contributed by atoms with E-state index in [2.05, 4.69) is 5.32 Å². The summed E-state index contributed by atoms with van der Waals surface area (Å²) in [5.41, 5.74) is 0.442. The zero-order valence-corrected chi connectivity index (χ0v) is 18.2. The SMILES string of the molecule is CC(C(=O)Nc1cc(Cl)c(Cl)cc1Cl)N1CCN(C(=O)c2ccc(F)c(F)c2)CC1. The quantitative estimate of drug-likeness (QED) is 0.650. The molecule has 1 heterocycles. The Hall–Kier alpha value is -1.93. The van der Waals surface area contributed by atoms with Crippen molar-refractivity contribution in [3.05, 3.63) is 62.6 Å². The van der Waals surface area contributed by atoms with Crippen LogP contribution in [0, 0.1) is 11.6 Å². The molecule has 30 heavy (non-hydrogen) atoms. The molecule has 0 bridgehead atoms. The molecule has 0 aliphatic carbocycles. The molecule has 1 aliphatic rings. The zero-order valence-electron chi connectivity index (χ0n) is 15.9. The van der Waals surface area contributed by atoms with Crippen LogP contribution in [0.5, 0.6) is 0 Å². The number of hydrogen-bond acceptors (Lipinski definition) is 3. The Kier molecular flexibility index (Phi) is 7.18. The van der Waals surface area contributed by atoms with Gasteiger partial charge in [0.15, 0.2) is 11.6 Å². The summed E-state index contributed by atoms with van der Waals surface area (Å²) < 4.78 is 26.5. The van der Waals surface area contributed by atoms with Crippen molar-refractivity contribution in [2.45, 2.75) is 13.0 Å². The first-order valence-electron chi connectivity index (χ1n) is 9.11. The van der Waals surface area contributed by atoms with Crippen molar-refractivity contribution in [1.82, 2.24) is 9.80 Å². The molecule has 3 rings (SSSR count). The lowest BCUT2D eigenvalue weighted by molar-refractivity contribution is -0.121. The van der Waals surface area contributed by atoms with E-state index in [1.165, 1.54) is 18.2 Å². The van der Waals surface area contributed by atoms with Crippen molar-refractivity contribution >= 4 is 52.3 Å². The monoisotopic (exact) mass is 475 g/mol. The average Bonchev–Trinajstić information content (AvgIpc) is 2.73. The third-order valence-corrected chi connectivity index (χ3v) is 6.00. The zero-order chi connectivity index (χ0) is 22.0. The second-order valence-electron chi connectivity index (χ2n) is 6.87. The van der Waals surface area contributed by atoms with Gasteiger partial charge in [0.25, 0.3) is 5.91 Å². The summed E-state index contributed by atoms with van der Waals surface area (Å²) in [6.07, 6.45) is 0. The maximum Gasteiger partial charge on any atom is 0.254 e. The van der Waals surface area contributed by atoms with Gasteiger partial charge in [0.05, 0.1) is 26.8 Å². The van der Waals surface area contributed by atoms with Gasteiger partial charge in [0.1, 0.15) is 0 Å². The minimum Gasteiger partial charge on any atom is -0.336 e. The first kappa shape index (κ1) is 22.7. The van der Waals surface area contributed by atoms with Crippen molar-refractivity contribution in [2.24, 2.45) is 0 Å². The highest BCUT2D eigenvalue weighted by Gasteiger charge is 2.28. The van der Waals surface area contributed by atoms with Gasteiger partial charge in [-0.05, 0) is 37.3 Å². The number of anilines is 1. The molecule has 0 saturated carbocycles. The summed E-state index contributed by atoms with van der Waals surface area (Å²) in [7, 11) is 0. The highest BCUT2D eigenvalue weighted by atomic mass is 35.5. The Bertz CT molecular complexity index is 982. The van der Waals surface area contributed by atoms with Gasteiger partial charge < -0.3 is 10.2 Å². The minimum absolute atomic E-state index is 0.0856. The number of piperazine rings is 1. The van der Waals surface area contributed by atoms with Gasteiger partial charge in [-0.15, -0.1) is 0 Å². The maximum absolute atomic E-state index is 13.4. The third-order valence-electron chi connectivity index (χ3n) is 4.96. The van der Waals surface area contributed by atoms with Crippen molar-refractivity contribution in [2.75, 3.05) is 31.5 Å². The fourth-order valence-corrected chi connectivity index (χ4v) is 3.74. The fraction of sp³-hybridized carbons (Fsp3) is 0.300. The van der Waals surface area contributed by atoms with E-state index in [1.54, 1.807) is 11.8 Å². The predicted octanol–water partition coefficient (Wildman–Crippen LogP) is 4.71. The maximum atomic E-state index is 13.4. The number of nitrogens with one attached hydrogen (secondary N) is 1. The lowest BCUT2D eigenvalue weighted by Crippen LogP contribution is -2.54. The normalized spacial score (nSPS) is 15.7. The first-order chi connectivity index (χ1) is 14.2. The molecule has 1 saturated heterocycles. The number of benzene rings is 2. The molecule has 1 atom stereocenters. The molecule has 2 amide bonds. The molecule has 2 aromatic rings. The highest BCUT2D eigenvalue weighted by Crippen LogP contribution is 2.32. The first-order valence-corrected chi connectivity index (χ1v) is 10.2. The van der Waals surface area contributed by atoms with Crippen LogP contribution >= 0.6 is 34.8 Å². The van der Waals surface area contributed by atoms with Crippen LogP contribution < -0.4 is 5.32 Å². The van der Waals surface area contributed by atoms with E-state index in [-0.39, 0.29) is 32.4 Å². The molecule has 0 radical (unpaired) electrons. The van der Waals surface area contributed by atoms with Crippen LogP contribution in [0.1, 0.15) is 17.3 Å². The summed E-state index contributed by atoms with van der Waals surface area (Å²) in [5, 5.41) is 3.56. The van der Waals surface area contributed by atoms with E-state index in [0.717, 1.165) is 12.1 Å². The van der Waals surface area contributed by atoms with E-state index in [9.17, 15) is 18.4 Å². The number of carbonyl (C=O) groups is 2. The summed E-state index contributed by atoms with van der Waals surface area (Å²) in [4.78, 5) is 28.6. The number of nitrogens with zero attached hydrogens (tertiary/aromatic N) is 2. The second-order valence-corrected chi connectivity index (χ2v) is 8.09. The van der Waals surface area contributed by atoms with Gasteiger partial charge >= 0.3 is 0 Å². The van der Waals surface area contributed by atoms with E-state index >= 15 is 0 Å². The van der Waals surface area contributed by atoms with E-state index in [1.807, 2.05) is 4.90 Å². The van der Waals surface area contributed by atoms with Gasteiger partial charge in [-0.25, -0.2) is 8.78 Å². The fourth-order valence-electron chi connectivity index (χ4n) is 3.15. The van der Waals surface area contributed by atoms with Crippen LogP contribution in [0.4, 0.5) is 14.5 Å². The Morgan fingerprint density at radius 2 is 1.57 bits per heavy atom. The molecule has 1 aliphatic heterocycles. The molecule has 10 heteroatoms. The van der Waals surface area contributed by atoms with Crippen molar-refractivity contribution < 1.29 is 18.4 Å². The molecule has 5 nitrogen and oxygen atoms in total. The average molecular weight is 477 g/mol. The number of rotatable bonds is 4. The van der Waals surface area contributed by atoms with Gasteiger partial charge in [0, 0.05) is 31.7 Å². The molecule has 1 N–H and O–H groups in total. The second kappa shape index (κ2) is 9.47. The van der Waals surface area contributed by atoms with Crippen molar-refractivity contribution in [3.8, 4) is 0 Å². The molecule has 160 valence electrons. The number of amides is 2. The summed E-state index contributed by atoms with van der Waals surface area (Å²) in [6.45, 7) is 3.33. The van der Waals surface area contributed by atoms with Gasteiger partial charge in [-0.3, -0.25) is 14.5 Å². The van der Waals surface area contributed by atoms with E-state index in [0.29, 0.717) is 31.9 Å². The lowest BCUT2D eigenvalue weighted by Gasteiger charge is -2.37. The predicted molar refractivity (Wildman–Crippen MR) is 113 cm³/mol. The smallest absolute Gasteiger partial charge is 0.254 e. The number of hydrogen-bond donors (Lipinski definition) is 1. The Morgan fingerprint density at radius 1 is 0.933 bits per heavy atom. The van der Waals surface area contributed by atoms with Gasteiger partial charge in [0.2, 0.25) is 5.91 Å². The van der Waals surface area contributed by atoms with Crippen LogP contribution in [0.2, 0.25) is 15.1 Å². The van der Waals surface area contributed by atoms with Crippen LogP contribution in [0.25, 0.3) is 0 Å². The van der Waals surface area contributed by atoms with Crippen LogP contribution in [-0.2, 0) is 4.79 Å². The largest absolute Gasteiger partial charge is 0.336 e. The van der Waals surface area contributed by atoms with E-state index < -0.39 is 17.7 Å². The summed E-state index contributed by atoms with van der Waals surface area (Å²) >= 11 is 18.0. The van der Waals surface area contributed by atoms with Crippen LogP contribution in [0.15, 0.2) is 30.3 Å². The minimum atomic E-state index is -1.06. The Balaban J connectivity index is 1.58. The van der Waals surface area contributed by atoms with Crippen molar-refractivity contribution in [1.29, 1.82) is 0 Å². The lowest BCUT2D eigenvalue weighted by atomic mass is 10.1. The molecular formula is C20H18Cl3F2N3O2. The molecular weight excluding hydrogens is 459 g/mol. The topological polar surface area (TPSA) is 52.7 Å².